The fourth-order valence-electron chi connectivity index (χ4n) is 2.99. The summed E-state index contributed by atoms with van der Waals surface area (Å²) in [7, 11) is 0. The standard InChI is InChI=1S/C21H20FN3O4/c1-14(26)16-4-8-18(9-5-16)23-19(27)13-25-11-10-24(20(28)21(25)29)12-15-2-6-17(22)7-3-15/h2-9H,10-13H2,1H3,(H,23,27). The lowest BCUT2D eigenvalue weighted by molar-refractivity contribution is -0.157. The summed E-state index contributed by atoms with van der Waals surface area (Å²) in [5.74, 6) is -2.33. The summed E-state index contributed by atoms with van der Waals surface area (Å²) < 4.78 is 13.0. The van der Waals surface area contributed by atoms with Crippen molar-refractivity contribution in [1.82, 2.24) is 9.80 Å². The molecule has 0 unspecified atom stereocenters. The molecule has 2 aromatic rings. The SMILES string of the molecule is CC(=O)c1ccc(NC(=O)CN2CCN(Cc3ccc(F)cc3)C(=O)C2=O)cc1. The first kappa shape index (κ1) is 20.2. The number of carbonyl (C=O) groups excluding carboxylic acids is 4. The Morgan fingerprint density at radius 3 is 2.14 bits per heavy atom. The second kappa shape index (κ2) is 8.64. The molecule has 8 heteroatoms. The first-order valence-electron chi connectivity index (χ1n) is 9.07. The van der Waals surface area contributed by atoms with Crippen LogP contribution in [0.3, 0.4) is 0 Å². The molecule has 3 amide bonds. The number of hydrogen-bond donors (Lipinski definition) is 1. The number of ketones is 1. The van der Waals surface area contributed by atoms with Crippen LogP contribution in [0, 0.1) is 5.82 Å². The number of hydrogen-bond acceptors (Lipinski definition) is 4. The fraction of sp³-hybridized carbons (Fsp3) is 0.238. The van der Waals surface area contributed by atoms with Gasteiger partial charge in [-0.15, -0.1) is 0 Å². The minimum Gasteiger partial charge on any atom is -0.328 e. The van der Waals surface area contributed by atoms with E-state index in [4.69, 9.17) is 0 Å². The molecule has 29 heavy (non-hydrogen) atoms. The van der Waals surface area contributed by atoms with E-state index in [1.165, 1.54) is 28.9 Å². The third-order valence-electron chi connectivity index (χ3n) is 4.59. The Morgan fingerprint density at radius 2 is 1.52 bits per heavy atom. The number of halogens is 1. The predicted molar refractivity (Wildman–Crippen MR) is 103 cm³/mol. The molecule has 0 radical (unpaired) electrons. The quantitative estimate of drug-likeness (QED) is 0.595. The molecule has 0 bridgehead atoms. The molecule has 1 N–H and O–H groups in total. The van der Waals surface area contributed by atoms with Gasteiger partial charge in [0.25, 0.3) is 0 Å². The van der Waals surface area contributed by atoms with Gasteiger partial charge >= 0.3 is 11.8 Å². The fourth-order valence-corrected chi connectivity index (χ4v) is 2.99. The van der Waals surface area contributed by atoms with E-state index in [0.29, 0.717) is 16.8 Å². The van der Waals surface area contributed by atoms with Crippen molar-refractivity contribution in [2.75, 3.05) is 25.0 Å². The van der Waals surface area contributed by atoms with Crippen molar-refractivity contribution in [3.8, 4) is 0 Å². The Balaban J connectivity index is 1.55. The van der Waals surface area contributed by atoms with Crippen LogP contribution in [0.4, 0.5) is 10.1 Å². The lowest BCUT2D eigenvalue weighted by Crippen LogP contribution is -2.55. The summed E-state index contributed by atoms with van der Waals surface area (Å²) in [6.07, 6.45) is 0. The van der Waals surface area contributed by atoms with E-state index >= 15 is 0 Å². The highest BCUT2D eigenvalue weighted by molar-refractivity contribution is 6.35. The average Bonchev–Trinajstić information content (AvgIpc) is 2.69. The van der Waals surface area contributed by atoms with Gasteiger partial charge in [0.1, 0.15) is 12.4 Å². The molecular weight excluding hydrogens is 377 g/mol. The van der Waals surface area contributed by atoms with Gasteiger partial charge in [-0.3, -0.25) is 19.2 Å². The van der Waals surface area contributed by atoms with Crippen molar-refractivity contribution in [1.29, 1.82) is 0 Å². The molecule has 2 aromatic carbocycles. The van der Waals surface area contributed by atoms with Crippen LogP contribution in [-0.2, 0) is 20.9 Å². The Hall–Kier alpha value is -3.55. The van der Waals surface area contributed by atoms with Crippen molar-refractivity contribution in [2.45, 2.75) is 13.5 Å². The lowest BCUT2D eigenvalue weighted by atomic mass is 10.1. The molecule has 0 atom stereocenters. The minimum atomic E-state index is -0.750. The highest BCUT2D eigenvalue weighted by atomic mass is 19.1. The Morgan fingerprint density at radius 1 is 0.931 bits per heavy atom. The van der Waals surface area contributed by atoms with Crippen LogP contribution in [-0.4, -0.2) is 52.9 Å². The average molecular weight is 397 g/mol. The summed E-state index contributed by atoms with van der Waals surface area (Å²) in [4.78, 5) is 50.8. The van der Waals surface area contributed by atoms with Gasteiger partial charge in [-0.05, 0) is 48.9 Å². The number of carbonyl (C=O) groups is 4. The van der Waals surface area contributed by atoms with Crippen molar-refractivity contribution in [3.05, 3.63) is 65.5 Å². The number of Topliss-reactive ketones (excluding diaryl/α,β-unsaturated/α-hetero) is 1. The van der Waals surface area contributed by atoms with Crippen LogP contribution in [0.25, 0.3) is 0 Å². The Kier molecular flexibility index (Phi) is 6.01. The van der Waals surface area contributed by atoms with E-state index < -0.39 is 17.7 Å². The van der Waals surface area contributed by atoms with Gasteiger partial charge in [0.15, 0.2) is 5.78 Å². The molecule has 7 nitrogen and oxygen atoms in total. The van der Waals surface area contributed by atoms with Gasteiger partial charge in [-0.2, -0.15) is 0 Å². The molecule has 1 aliphatic rings. The summed E-state index contributed by atoms with van der Waals surface area (Å²) in [5.41, 5.74) is 1.74. The molecule has 0 aliphatic carbocycles. The summed E-state index contributed by atoms with van der Waals surface area (Å²) in [6, 6.07) is 12.1. The Bertz CT molecular complexity index is 941. The highest BCUT2D eigenvalue weighted by Crippen LogP contribution is 2.13. The van der Waals surface area contributed by atoms with E-state index in [1.807, 2.05) is 0 Å². The molecule has 0 saturated carbocycles. The Labute approximate surface area is 167 Å². The molecular formula is C21H20FN3O4. The van der Waals surface area contributed by atoms with Crippen molar-refractivity contribution in [2.24, 2.45) is 0 Å². The van der Waals surface area contributed by atoms with Gasteiger partial charge < -0.3 is 15.1 Å². The second-order valence-electron chi connectivity index (χ2n) is 6.76. The summed E-state index contributed by atoms with van der Waals surface area (Å²) in [5, 5.41) is 2.64. The maximum atomic E-state index is 13.0. The molecule has 1 aliphatic heterocycles. The first-order valence-corrected chi connectivity index (χ1v) is 9.07. The van der Waals surface area contributed by atoms with Crippen molar-refractivity contribution in [3.63, 3.8) is 0 Å². The predicted octanol–water partition coefficient (Wildman–Crippen LogP) is 1.84. The smallest absolute Gasteiger partial charge is 0.312 e. The molecule has 0 aromatic heterocycles. The molecule has 150 valence electrons. The number of piperazine rings is 1. The molecule has 1 fully saturated rings. The van der Waals surface area contributed by atoms with Crippen LogP contribution in [0.5, 0.6) is 0 Å². The number of nitrogens with zero attached hydrogens (tertiary/aromatic N) is 2. The number of amides is 3. The van der Waals surface area contributed by atoms with Gasteiger partial charge in [0.05, 0.1) is 0 Å². The van der Waals surface area contributed by atoms with Crippen molar-refractivity contribution >= 4 is 29.2 Å². The van der Waals surface area contributed by atoms with Crippen LogP contribution in [0.15, 0.2) is 48.5 Å². The van der Waals surface area contributed by atoms with Crippen LogP contribution < -0.4 is 5.32 Å². The van der Waals surface area contributed by atoms with Crippen LogP contribution in [0.2, 0.25) is 0 Å². The second-order valence-corrected chi connectivity index (χ2v) is 6.76. The molecule has 0 spiro atoms. The van der Waals surface area contributed by atoms with Crippen molar-refractivity contribution < 1.29 is 23.6 Å². The number of rotatable bonds is 6. The van der Waals surface area contributed by atoms with Gasteiger partial charge in [0, 0.05) is 30.9 Å². The first-order chi connectivity index (χ1) is 13.8. The summed E-state index contributed by atoms with van der Waals surface area (Å²) >= 11 is 0. The van der Waals surface area contributed by atoms with E-state index in [0.717, 1.165) is 0 Å². The molecule has 1 heterocycles. The lowest BCUT2D eigenvalue weighted by Gasteiger charge is -2.33. The van der Waals surface area contributed by atoms with E-state index in [1.54, 1.807) is 36.4 Å². The van der Waals surface area contributed by atoms with Gasteiger partial charge in [-0.1, -0.05) is 12.1 Å². The zero-order valence-electron chi connectivity index (χ0n) is 15.9. The van der Waals surface area contributed by atoms with E-state index in [2.05, 4.69) is 5.32 Å². The molecule has 1 saturated heterocycles. The summed E-state index contributed by atoms with van der Waals surface area (Å²) in [6.45, 7) is 1.91. The van der Waals surface area contributed by atoms with Crippen LogP contribution in [0.1, 0.15) is 22.8 Å². The van der Waals surface area contributed by atoms with E-state index in [-0.39, 0.29) is 37.8 Å². The van der Waals surface area contributed by atoms with Gasteiger partial charge in [0.2, 0.25) is 5.91 Å². The number of nitrogens with one attached hydrogen (secondary N) is 1. The largest absolute Gasteiger partial charge is 0.328 e. The maximum Gasteiger partial charge on any atom is 0.312 e. The monoisotopic (exact) mass is 397 g/mol. The third kappa shape index (κ3) is 5.04. The number of anilines is 1. The maximum absolute atomic E-state index is 13.0. The highest BCUT2D eigenvalue weighted by Gasteiger charge is 2.33. The third-order valence-corrected chi connectivity index (χ3v) is 4.59. The zero-order chi connectivity index (χ0) is 21.0. The minimum absolute atomic E-state index is 0.0782. The zero-order valence-corrected chi connectivity index (χ0v) is 15.9. The van der Waals surface area contributed by atoms with E-state index in [9.17, 15) is 23.6 Å². The number of benzene rings is 2. The van der Waals surface area contributed by atoms with Gasteiger partial charge in [-0.25, -0.2) is 4.39 Å². The van der Waals surface area contributed by atoms with Crippen LogP contribution >= 0.6 is 0 Å². The topological polar surface area (TPSA) is 86.8 Å². The molecule has 3 rings (SSSR count). The normalized spacial score (nSPS) is 14.1.